The number of methoxy groups -OCH3 is 1. The lowest BCUT2D eigenvalue weighted by molar-refractivity contribution is 0.102. The second-order valence-corrected chi connectivity index (χ2v) is 7.66. The molecule has 0 atom stereocenters. The molecule has 1 saturated heterocycles. The monoisotopic (exact) mass is 451 g/mol. The molecule has 6 nitrogen and oxygen atoms in total. The van der Waals surface area contributed by atoms with Crippen molar-refractivity contribution in [2.75, 3.05) is 30.4 Å². The second-order valence-electron chi connectivity index (χ2n) is 7.66. The lowest BCUT2D eigenvalue weighted by atomic mass is 10.1. The molecule has 0 aromatic heterocycles. The molecular formula is C25H23F2N3O3. The summed E-state index contributed by atoms with van der Waals surface area (Å²) in [6, 6.07) is 17.3. The van der Waals surface area contributed by atoms with Gasteiger partial charge >= 0.3 is 6.03 Å². The van der Waals surface area contributed by atoms with Crippen molar-refractivity contribution in [3.05, 3.63) is 89.5 Å². The van der Waals surface area contributed by atoms with Crippen LogP contribution in [0.2, 0.25) is 0 Å². The Morgan fingerprint density at radius 3 is 2.61 bits per heavy atom. The minimum Gasteiger partial charge on any atom is -0.496 e. The van der Waals surface area contributed by atoms with Crippen molar-refractivity contribution in [3.63, 3.8) is 0 Å². The molecule has 4 rings (SSSR count). The summed E-state index contributed by atoms with van der Waals surface area (Å²) in [7, 11) is 1.50. The maximum Gasteiger partial charge on any atom is 0.324 e. The molecule has 0 aliphatic carbocycles. The van der Waals surface area contributed by atoms with E-state index in [0.717, 1.165) is 12.1 Å². The first-order chi connectivity index (χ1) is 16.0. The number of nitrogens with zero attached hydrogens (tertiary/aromatic N) is 2. The molecule has 3 aromatic carbocycles. The molecule has 0 radical (unpaired) electrons. The molecule has 0 unspecified atom stereocenters. The van der Waals surface area contributed by atoms with E-state index in [2.05, 4.69) is 5.32 Å². The van der Waals surface area contributed by atoms with E-state index in [0.29, 0.717) is 47.8 Å². The fourth-order valence-corrected chi connectivity index (χ4v) is 3.81. The average Bonchev–Trinajstić information content (AvgIpc) is 2.83. The van der Waals surface area contributed by atoms with Crippen LogP contribution in [0.5, 0.6) is 5.75 Å². The van der Waals surface area contributed by atoms with Gasteiger partial charge in [-0.15, -0.1) is 0 Å². The van der Waals surface area contributed by atoms with Crippen molar-refractivity contribution in [2.24, 2.45) is 0 Å². The SMILES string of the molecule is COc1ccccc1C(=O)Nc1cccc(N2CCCN(Cc3ccc(F)c(F)c3)C2=O)c1. The van der Waals surface area contributed by atoms with Crippen LogP contribution in [0, 0.1) is 11.6 Å². The molecule has 8 heteroatoms. The first kappa shape index (κ1) is 22.3. The van der Waals surface area contributed by atoms with E-state index in [1.807, 2.05) is 0 Å². The second kappa shape index (κ2) is 9.68. The Morgan fingerprint density at radius 1 is 1.00 bits per heavy atom. The van der Waals surface area contributed by atoms with E-state index in [-0.39, 0.29) is 18.5 Å². The zero-order chi connectivity index (χ0) is 23.4. The van der Waals surface area contributed by atoms with Gasteiger partial charge in [0.25, 0.3) is 5.91 Å². The van der Waals surface area contributed by atoms with Crippen LogP contribution >= 0.6 is 0 Å². The molecule has 1 aliphatic heterocycles. The van der Waals surface area contributed by atoms with Gasteiger partial charge in [-0.2, -0.15) is 0 Å². The largest absolute Gasteiger partial charge is 0.496 e. The molecule has 1 fully saturated rings. The van der Waals surface area contributed by atoms with Gasteiger partial charge in [-0.1, -0.05) is 24.3 Å². The predicted molar refractivity (Wildman–Crippen MR) is 122 cm³/mol. The van der Waals surface area contributed by atoms with Crippen LogP contribution in [0.3, 0.4) is 0 Å². The number of halogens is 2. The number of amides is 3. The third-order valence-electron chi connectivity index (χ3n) is 5.44. The third-order valence-corrected chi connectivity index (χ3v) is 5.44. The predicted octanol–water partition coefficient (Wildman–Crippen LogP) is 5.06. The van der Waals surface area contributed by atoms with Crippen molar-refractivity contribution in [1.29, 1.82) is 0 Å². The summed E-state index contributed by atoms with van der Waals surface area (Å²) in [5, 5.41) is 2.84. The summed E-state index contributed by atoms with van der Waals surface area (Å²) in [6.45, 7) is 1.20. The molecule has 1 N–H and O–H groups in total. The highest BCUT2D eigenvalue weighted by atomic mass is 19.2. The molecule has 0 bridgehead atoms. The summed E-state index contributed by atoms with van der Waals surface area (Å²) in [4.78, 5) is 29.0. The van der Waals surface area contributed by atoms with Gasteiger partial charge in [-0.25, -0.2) is 13.6 Å². The lowest BCUT2D eigenvalue weighted by Crippen LogP contribution is -2.49. The fourth-order valence-electron chi connectivity index (χ4n) is 3.81. The Kier molecular flexibility index (Phi) is 6.53. The summed E-state index contributed by atoms with van der Waals surface area (Å²) in [6.07, 6.45) is 0.715. The number of urea groups is 1. The maximum absolute atomic E-state index is 13.6. The number of rotatable bonds is 6. The molecule has 33 heavy (non-hydrogen) atoms. The number of hydrogen-bond donors (Lipinski definition) is 1. The van der Waals surface area contributed by atoms with E-state index in [9.17, 15) is 18.4 Å². The van der Waals surface area contributed by atoms with Gasteiger partial charge in [0.05, 0.1) is 12.7 Å². The van der Waals surface area contributed by atoms with Crippen LogP contribution in [0.15, 0.2) is 66.7 Å². The van der Waals surface area contributed by atoms with E-state index in [1.54, 1.807) is 58.3 Å². The molecule has 3 amide bonds. The zero-order valence-electron chi connectivity index (χ0n) is 18.1. The first-order valence-corrected chi connectivity index (χ1v) is 10.5. The highest BCUT2D eigenvalue weighted by molar-refractivity contribution is 6.06. The molecular weight excluding hydrogens is 428 g/mol. The third kappa shape index (κ3) is 4.95. The lowest BCUT2D eigenvalue weighted by Gasteiger charge is -2.36. The van der Waals surface area contributed by atoms with Crippen LogP contribution < -0.4 is 15.0 Å². The zero-order valence-corrected chi connectivity index (χ0v) is 18.1. The summed E-state index contributed by atoms with van der Waals surface area (Å²) >= 11 is 0. The Labute approximate surface area is 190 Å². The standard InChI is InChI=1S/C25H23F2N3O3/c1-33-23-9-3-2-8-20(23)24(31)28-18-6-4-7-19(15-18)30-13-5-12-29(25(30)32)16-17-10-11-21(26)22(27)14-17/h2-4,6-11,14-15H,5,12-13,16H2,1H3,(H,28,31). The highest BCUT2D eigenvalue weighted by Crippen LogP contribution is 2.26. The van der Waals surface area contributed by atoms with Crippen LogP contribution in [0.4, 0.5) is 25.0 Å². The van der Waals surface area contributed by atoms with Gasteiger partial charge in [0, 0.05) is 31.0 Å². The quantitative estimate of drug-likeness (QED) is 0.570. The Bertz CT molecular complexity index is 1190. The number of benzene rings is 3. The van der Waals surface area contributed by atoms with Crippen LogP contribution in [0.1, 0.15) is 22.3 Å². The fraction of sp³-hybridized carbons (Fsp3) is 0.200. The van der Waals surface area contributed by atoms with Gasteiger partial charge in [0.15, 0.2) is 11.6 Å². The van der Waals surface area contributed by atoms with Crippen LogP contribution in [-0.4, -0.2) is 37.0 Å². The molecule has 1 aliphatic rings. The number of carbonyl (C=O) groups is 2. The van der Waals surface area contributed by atoms with Gasteiger partial charge in [-0.05, 0) is 54.4 Å². The van der Waals surface area contributed by atoms with E-state index in [1.165, 1.54) is 13.2 Å². The van der Waals surface area contributed by atoms with Crippen molar-refractivity contribution >= 4 is 23.3 Å². The van der Waals surface area contributed by atoms with Gasteiger partial charge < -0.3 is 15.0 Å². The van der Waals surface area contributed by atoms with Gasteiger partial charge in [0.1, 0.15) is 5.75 Å². The Morgan fingerprint density at radius 2 is 1.82 bits per heavy atom. The number of anilines is 2. The Balaban J connectivity index is 1.49. The van der Waals surface area contributed by atoms with Crippen LogP contribution in [-0.2, 0) is 6.54 Å². The van der Waals surface area contributed by atoms with Crippen molar-refractivity contribution in [2.45, 2.75) is 13.0 Å². The van der Waals surface area contributed by atoms with E-state index >= 15 is 0 Å². The molecule has 0 spiro atoms. The summed E-state index contributed by atoms with van der Waals surface area (Å²) < 4.78 is 32.0. The topological polar surface area (TPSA) is 61.9 Å². The van der Waals surface area contributed by atoms with Crippen molar-refractivity contribution < 1.29 is 23.1 Å². The first-order valence-electron chi connectivity index (χ1n) is 10.5. The number of hydrogen-bond acceptors (Lipinski definition) is 3. The highest BCUT2D eigenvalue weighted by Gasteiger charge is 2.27. The number of nitrogens with one attached hydrogen (secondary N) is 1. The van der Waals surface area contributed by atoms with Gasteiger partial charge in [0.2, 0.25) is 0 Å². The molecule has 170 valence electrons. The van der Waals surface area contributed by atoms with Crippen molar-refractivity contribution in [1.82, 2.24) is 4.90 Å². The van der Waals surface area contributed by atoms with Crippen molar-refractivity contribution in [3.8, 4) is 5.75 Å². The normalized spacial score (nSPS) is 13.7. The minimum absolute atomic E-state index is 0.177. The van der Waals surface area contributed by atoms with E-state index in [4.69, 9.17) is 4.74 Å². The minimum atomic E-state index is -0.938. The summed E-state index contributed by atoms with van der Waals surface area (Å²) in [5.41, 5.74) is 2.08. The maximum atomic E-state index is 13.6. The number of ether oxygens (including phenoxy) is 1. The summed E-state index contributed by atoms with van der Waals surface area (Å²) in [5.74, 6) is -1.72. The molecule has 3 aromatic rings. The Hall–Kier alpha value is -3.94. The van der Waals surface area contributed by atoms with Gasteiger partial charge in [-0.3, -0.25) is 9.69 Å². The average molecular weight is 451 g/mol. The van der Waals surface area contributed by atoms with Crippen LogP contribution in [0.25, 0.3) is 0 Å². The molecule has 1 heterocycles. The smallest absolute Gasteiger partial charge is 0.324 e. The van der Waals surface area contributed by atoms with E-state index < -0.39 is 11.6 Å². The number of para-hydroxylation sites is 1. The number of carbonyl (C=O) groups excluding carboxylic acids is 2. The molecule has 0 saturated carbocycles.